The van der Waals surface area contributed by atoms with Crippen LogP contribution in [0.4, 0.5) is 0 Å². The third-order valence-electron chi connectivity index (χ3n) is 7.87. The van der Waals surface area contributed by atoms with E-state index in [9.17, 15) is 9.59 Å². The number of imide groups is 1. The van der Waals surface area contributed by atoms with Crippen molar-refractivity contribution < 1.29 is 14.3 Å². The van der Waals surface area contributed by atoms with Gasteiger partial charge in [0.25, 0.3) is 0 Å². The number of hydrogen-bond donors (Lipinski definition) is 2. The summed E-state index contributed by atoms with van der Waals surface area (Å²) in [4.78, 5) is 36.3. The number of ether oxygens (including phenoxy) is 1. The molecule has 2 N–H and O–H groups in total. The van der Waals surface area contributed by atoms with Crippen LogP contribution in [0.15, 0.2) is 60.9 Å². The predicted octanol–water partition coefficient (Wildman–Crippen LogP) is 5.07. The molecule has 1 fully saturated rings. The molecule has 190 valence electrons. The van der Waals surface area contributed by atoms with Crippen LogP contribution in [0.2, 0.25) is 0 Å². The summed E-state index contributed by atoms with van der Waals surface area (Å²) in [5.74, 6) is 0.379. The monoisotopic (exact) mass is 496 g/mol. The smallest absolute Gasteiger partial charge is 0.237 e. The number of rotatable bonds is 8. The number of aromatic amines is 2. The maximum Gasteiger partial charge on any atom is 0.237 e. The van der Waals surface area contributed by atoms with Gasteiger partial charge in [0, 0.05) is 65.8 Å². The van der Waals surface area contributed by atoms with Crippen LogP contribution in [0.25, 0.3) is 27.4 Å². The van der Waals surface area contributed by atoms with Crippen LogP contribution < -0.4 is 4.74 Å². The Kier molecular flexibility index (Phi) is 6.30. The molecule has 1 atom stereocenters. The molecule has 0 radical (unpaired) electrons. The molecule has 6 rings (SSSR count). The predicted molar refractivity (Wildman–Crippen MR) is 145 cm³/mol. The first-order valence-electron chi connectivity index (χ1n) is 13.1. The minimum Gasteiger partial charge on any atom is -0.497 e. The van der Waals surface area contributed by atoms with E-state index < -0.39 is 0 Å². The first-order chi connectivity index (χ1) is 18.1. The van der Waals surface area contributed by atoms with E-state index in [0.717, 1.165) is 66.6 Å². The molecule has 2 aliphatic rings. The molecule has 2 amide bonds. The first kappa shape index (κ1) is 23.6. The van der Waals surface area contributed by atoms with Crippen LogP contribution >= 0.6 is 0 Å². The fraction of sp³-hybridized carbons (Fsp3) is 0.333. The van der Waals surface area contributed by atoms with E-state index in [1.807, 2.05) is 36.5 Å². The van der Waals surface area contributed by atoms with Gasteiger partial charge in [0.1, 0.15) is 5.75 Å². The summed E-state index contributed by atoms with van der Waals surface area (Å²) in [6.45, 7) is 3.39. The second kappa shape index (κ2) is 9.90. The minimum absolute atomic E-state index is 0.0545. The van der Waals surface area contributed by atoms with Crippen molar-refractivity contribution >= 4 is 39.2 Å². The molecule has 1 unspecified atom stereocenters. The fourth-order valence-corrected chi connectivity index (χ4v) is 5.80. The van der Waals surface area contributed by atoms with E-state index in [0.29, 0.717) is 6.54 Å². The number of amides is 2. The van der Waals surface area contributed by atoms with Gasteiger partial charge in [-0.3, -0.25) is 19.4 Å². The summed E-state index contributed by atoms with van der Waals surface area (Å²) in [5, 5.41) is 2.23. The van der Waals surface area contributed by atoms with Gasteiger partial charge in [0.05, 0.1) is 13.0 Å². The number of unbranched alkanes of at least 4 members (excludes halogenated alkanes) is 1. The normalized spacial score (nSPS) is 18.8. The zero-order valence-electron chi connectivity index (χ0n) is 21.1. The Balaban J connectivity index is 1.01. The number of methoxy groups -OCH3 is 1. The van der Waals surface area contributed by atoms with Crippen molar-refractivity contribution in [2.75, 3.05) is 33.3 Å². The van der Waals surface area contributed by atoms with E-state index in [-0.39, 0.29) is 24.2 Å². The highest BCUT2D eigenvalue weighted by molar-refractivity contribution is 6.08. The molecule has 7 nitrogen and oxygen atoms in total. The van der Waals surface area contributed by atoms with Crippen molar-refractivity contribution in [1.82, 2.24) is 19.8 Å². The number of para-hydroxylation sites is 1. The van der Waals surface area contributed by atoms with Gasteiger partial charge in [-0.1, -0.05) is 24.3 Å². The lowest BCUT2D eigenvalue weighted by Gasteiger charge is -2.26. The van der Waals surface area contributed by atoms with Gasteiger partial charge in [-0.05, 0) is 61.2 Å². The van der Waals surface area contributed by atoms with Crippen molar-refractivity contribution in [1.29, 1.82) is 0 Å². The number of H-pyrrole nitrogens is 2. The van der Waals surface area contributed by atoms with Gasteiger partial charge in [-0.25, -0.2) is 0 Å². The lowest BCUT2D eigenvalue weighted by molar-refractivity contribution is -0.138. The van der Waals surface area contributed by atoms with Crippen LogP contribution in [0.5, 0.6) is 5.75 Å². The molecular formula is C30H32N4O3. The third kappa shape index (κ3) is 4.44. The molecule has 0 aliphatic carbocycles. The molecular weight excluding hydrogens is 464 g/mol. The lowest BCUT2D eigenvalue weighted by Crippen LogP contribution is -2.33. The summed E-state index contributed by atoms with van der Waals surface area (Å²) in [7, 11) is 1.70. The summed E-state index contributed by atoms with van der Waals surface area (Å²) in [5.41, 5.74) is 5.68. The van der Waals surface area contributed by atoms with Gasteiger partial charge in [0.15, 0.2) is 0 Å². The summed E-state index contributed by atoms with van der Waals surface area (Å²) in [6.07, 6.45) is 9.36. The number of aromatic nitrogens is 2. The zero-order valence-corrected chi connectivity index (χ0v) is 21.1. The van der Waals surface area contributed by atoms with Crippen LogP contribution in [0, 0.1) is 0 Å². The highest BCUT2D eigenvalue weighted by atomic mass is 16.5. The molecule has 2 aromatic carbocycles. The van der Waals surface area contributed by atoms with E-state index in [1.54, 1.807) is 7.11 Å². The number of hydrogen-bond acceptors (Lipinski definition) is 4. The van der Waals surface area contributed by atoms with Crippen molar-refractivity contribution in [3.8, 4) is 5.75 Å². The number of benzene rings is 2. The molecule has 7 heteroatoms. The summed E-state index contributed by atoms with van der Waals surface area (Å²) >= 11 is 0. The fourth-order valence-electron chi connectivity index (χ4n) is 5.80. The first-order valence-corrected chi connectivity index (χ1v) is 13.1. The number of likely N-dealkylation sites (tertiary alicyclic amines) is 1. The van der Waals surface area contributed by atoms with Crippen molar-refractivity contribution in [2.45, 2.75) is 31.6 Å². The Labute approximate surface area is 216 Å². The minimum atomic E-state index is -0.376. The average Bonchev–Trinajstić information content (AvgIpc) is 3.62. The summed E-state index contributed by atoms with van der Waals surface area (Å²) in [6, 6.07) is 14.1. The van der Waals surface area contributed by atoms with Gasteiger partial charge < -0.3 is 14.7 Å². The molecule has 2 aliphatic heterocycles. The Bertz CT molecular complexity index is 1500. The van der Waals surface area contributed by atoms with Gasteiger partial charge >= 0.3 is 0 Å². The van der Waals surface area contributed by atoms with Gasteiger partial charge in [0.2, 0.25) is 11.8 Å². The second-order valence-corrected chi connectivity index (χ2v) is 10.0. The van der Waals surface area contributed by atoms with E-state index >= 15 is 0 Å². The van der Waals surface area contributed by atoms with E-state index in [2.05, 4.69) is 39.3 Å². The lowest BCUT2D eigenvalue weighted by atomic mass is 9.97. The Morgan fingerprint density at radius 3 is 2.62 bits per heavy atom. The standard InChI is InChI=1S/C30H32N4O3/c1-37-21-8-9-28-23(16-21)25(18-31-28)20-10-14-33(15-11-20)12-4-5-13-34-29(35)17-24(30(34)36)26-19-32-27-7-3-2-6-22(26)27/h2-3,6-10,16,18-19,24,31-32H,4-5,11-15,17H2,1H3. The molecule has 37 heavy (non-hydrogen) atoms. The highest BCUT2D eigenvalue weighted by Crippen LogP contribution is 2.35. The van der Waals surface area contributed by atoms with E-state index in [4.69, 9.17) is 4.74 Å². The highest BCUT2D eigenvalue weighted by Gasteiger charge is 2.40. The number of fused-ring (bicyclic) bond motifs is 2. The van der Waals surface area contributed by atoms with Crippen molar-refractivity contribution in [3.63, 3.8) is 0 Å². The van der Waals surface area contributed by atoms with Crippen LogP contribution in [-0.4, -0.2) is 64.9 Å². The average molecular weight is 497 g/mol. The van der Waals surface area contributed by atoms with Crippen LogP contribution in [0.1, 0.15) is 42.7 Å². The molecule has 4 aromatic rings. The van der Waals surface area contributed by atoms with Gasteiger partial charge in [-0.2, -0.15) is 0 Å². The third-order valence-corrected chi connectivity index (χ3v) is 7.87. The summed E-state index contributed by atoms with van der Waals surface area (Å²) < 4.78 is 5.41. The molecule has 0 bridgehead atoms. The topological polar surface area (TPSA) is 81.4 Å². The maximum absolute atomic E-state index is 13.1. The number of carbonyl (C=O) groups excluding carboxylic acids is 2. The van der Waals surface area contributed by atoms with Crippen molar-refractivity contribution in [2.24, 2.45) is 0 Å². The Morgan fingerprint density at radius 2 is 1.78 bits per heavy atom. The number of nitrogens with zero attached hydrogens (tertiary/aromatic N) is 2. The van der Waals surface area contributed by atoms with Crippen LogP contribution in [-0.2, 0) is 9.59 Å². The van der Waals surface area contributed by atoms with Gasteiger partial charge in [-0.15, -0.1) is 0 Å². The number of nitrogens with one attached hydrogen (secondary N) is 2. The molecule has 0 spiro atoms. The molecule has 1 saturated heterocycles. The Morgan fingerprint density at radius 1 is 0.973 bits per heavy atom. The second-order valence-electron chi connectivity index (χ2n) is 10.0. The Hall–Kier alpha value is -3.84. The largest absolute Gasteiger partial charge is 0.497 e. The van der Waals surface area contributed by atoms with Crippen LogP contribution in [0.3, 0.4) is 0 Å². The quantitative estimate of drug-likeness (QED) is 0.264. The number of carbonyl (C=O) groups is 2. The molecule has 0 saturated carbocycles. The molecule has 2 aromatic heterocycles. The zero-order chi connectivity index (χ0) is 25.4. The molecule has 4 heterocycles. The van der Waals surface area contributed by atoms with E-state index in [1.165, 1.54) is 21.4 Å². The maximum atomic E-state index is 13.1. The van der Waals surface area contributed by atoms with Crippen molar-refractivity contribution in [3.05, 3.63) is 72.1 Å². The SMILES string of the molecule is COc1ccc2[nH]cc(C3=CCN(CCCCN4C(=O)CC(c5c[nH]c6ccccc56)C4=O)CC3)c2c1.